The Kier molecular flexibility index (Phi) is 4.70. The molecule has 0 saturated carbocycles. The van der Waals surface area contributed by atoms with Crippen molar-refractivity contribution in [3.8, 4) is 11.3 Å². The number of carbonyl (C=O) groups is 1. The molecule has 1 N–H and O–H groups in total. The molecule has 1 aromatic carbocycles. The van der Waals surface area contributed by atoms with Crippen LogP contribution in [0.2, 0.25) is 0 Å². The van der Waals surface area contributed by atoms with Gasteiger partial charge in [0.1, 0.15) is 0 Å². The maximum absolute atomic E-state index is 12.3. The van der Waals surface area contributed by atoms with Crippen molar-refractivity contribution < 1.29 is 4.79 Å². The number of ketones is 1. The second kappa shape index (κ2) is 7.09. The molecule has 0 fully saturated rings. The Labute approximate surface area is 145 Å². The van der Waals surface area contributed by atoms with Gasteiger partial charge in [0.25, 0.3) is 5.56 Å². The fourth-order valence-corrected chi connectivity index (χ4v) is 2.37. The first-order valence-electron chi connectivity index (χ1n) is 7.87. The molecule has 0 atom stereocenters. The highest BCUT2D eigenvalue weighted by atomic mass is 16.1. The van der Waals surface area contributed by atoms with Crippen LogP contribution in [0, 0.1) is 6.92 Å². The second-order valence-corrected chi connectivity index (χ2v) is 5.74. The predicted octanol–water partition coefficient (Wildman–Crippen LogP) is 2.45. The standard InChI is InChI=1S/C19H18N4O2/c1-13-3-5-15(6-4-13)17(24)12-21-19-22-16(11-18(25)23(19)2)14-7-9-20-10-8-14/h3-11H,12H2,1-2H3,(H,21,22). The molecular formula is C19H18N4O2. The lowest BCUT2D eigenvalue weighted by Gasteiger charge is -2.11. The number of benzene rings is 1. The molecule has 2 aromatic heterocycles. The zero-order valence-corrected chi connectivity index (χ0v) is 14.1. The summed E-state index contributed by atoms with van der Waals surface area (Å²) in [5.41, 5.74) is 2.84. The van der Waals surface area contributed by atoms with Crippen molar-refractivity contribution in [2.24, 2.45) is 7.05 Å². The number of aromatic nitrogens is 3. The summed E-state index contributed by atoms with van der Waals surface area (Å²) in [4.78, 5) is 32.9. The Morgan fingerprint density at radius 1 is 1.12 bits per heavy atom. The minimum atomic E-state index is -0.202. The fourth-order valence-electron chi connectivity index (χ4n) is 2.37. The van der Waals surface area contributed by atoms with Crippen LogP contribution in [0.4, 0.5) is 5.95 Å². The summed E-state index contributed by atoms with van der Waals surface area (Å²) in [5.74, 6) is 0.281. The molecular weight excluding hydrogens is 316 g/mol. The summed E-state index contributed by atoms with van der Waals surface area (Å²) in [5, 5.41) is 2.96. The molecule has 0 bridgehead atoms. The van der Waals surface area contributed by atoms with Crippen molar-refractivity contribution in [1.82, 2.24) is 14.5 Å². The van der Waals surface area contributed by atoms with Crippen molar-refractivity contribution in [3.05, 3.63) is 76.3 Å². The van der Waals surface area contributed by atoms with Crippen LogP contribution < -0.4 is 10.9 Å². The Hall–Kier alpha value is -3.28. The number of hydrogen-bond donors (Lipinski definition) is 1. The molecule has 126 valence electrons. The van der Waals surface area contributed by atoms with Crippen molar-refractivity contribution in [2.45, 2.75) is 6.92 Å². The van der Waals surface area contributed by atoms with Crippen LogP contribution in [0.25, 0.3) is 11.3 Å². The third-order valence-corrected chi connectivity index (χ3v) is 3.89. The number of hydrogen-bond acceptors (Lipinski definition) is 5. The monoisotopic (exact) mass is 334 g/mol. The van der Waals surface area contributed by atoms with Gasteiger partial charge < -0.3 is 5.32 Å². The van der Waals surface area contributed by atoms with Crippen LogP contribution in [0.1, 0.15) is 15.9 Å². The summed E-state index contributed by atoms with van der Waals surface area (Å²) in [6.45, 7) is 2.03. The summed E-state index contributed by atoms with van der Waals surface area (Å²) < 4.78 is 1.38. The average molecular weight is 334 g/mol. The molecule has 3 rings (SSSR count). The first-order chi connectivity index (χ1) is 12.0. The predicted molar refractivity (Wildman–Crippen MR) is 96.7 cm³/mol. The molecule has 0 aliphatic heterocycles. The van der Waals surface area contributed by atoms with Gasteiger partial charge in [-0.1, -0.05) is 29.8 Å². The van der Waals surface area contributed by atoms with Gasteiger partial charge in [0, 0.05) is 36.6 Å². The van der Waals surface area contributed by atoms with E-state index >= 15 is 0 Å². The number of Topliss-reactive ketones (excluding diaryl/α,β-unsaturated/α-hetero) is 1. The van der Waals surface area contributed by atoms with Gasteiger partial charge in [-0.2, -0.15) is 0 Å². The van der Waals surface area contributed by atoms with Crippen LogP contribution in [0.3, 0.4) is 0 Å². The average Bonchev–Trinajstić information content (AvgIpc) is 2.64. The fraction of sp³-hybridized carbons (Fsp3) is 0.158. The van der Waals surface area contributed by atoms with Crippen LogP contribution in [-0.2, 0) is 7.05 Å². The van der Waals surface area contributed by atoms with Gasteiger partial charge in [-0.25, -0.2) is 4.98 Å². The topological polar surface area (TPSA) is 76.9 Å². The summed E-state index contributed by atoms with van der Waals surface area (Å²) in [7, 11) is 1.62. The molecule has 0 saturated heterocycles. The molecule has 0 radical (unpaired) electrons. The normalized spacial score (nSPS) is 10.5. The Balaban J connectivity index is 1.82. The molecule has 6 nitrogen and oxygen atoms in total. The highest BCUT2D eigenvalue weighted by molar-refractivity contribution is 5.98. The molecule has 0 aliphatic carbocycles. The van der Waals surface area contributed by atoms with Crippen LogP contribution in [-0.4, -0.2) is 26.9 Å². The second-order valence-electron chi connectivity index (χ2n) is 5.74. The van der Waals surface area contributed by atoms with Crippen molar-refractivity contribution in [2.75, 3.05) is 11.9 Å². The maximum Gasteiger partial charge on any atom is 0.255 e. The quantitative estimate of drug-likeness (QED) is 0.725. The lowest BCUT2D eigenvalue weighted by Crippen LogP contribution is -2.24. The molecule has 2 heterocycles. The van der Waals surface area contributed by atoms with Gasteiger partial charge in [0.2, 0.25) is 5.95 Å². The smallest absolute Gasteiger partial charge is 0.255 e. The largest absolute Gasteiger partial charge is 0.348 e. The zero-order chi connectivity index (χ0) is 17.8. The number of aryl methyl sites for hydroxylation is 1. The molecule has 0 amide bonds. The Bertz CT molecular complexity index is 947. The number of rotatable bonds is 5. The lowest BCUT2D eigenvalue weighted by molar-refractivity contribution is 0.101. The highest BCUT2D eigenvalue weighted by Crippen LogP contribution is 2.15. The van der Waals surface area contributed by atoms with Gasteiger partial charge in [0.05, 0.1) is 12.2 Å². The number of nitrogens with zero attached hydrogens (tertiary/aromatic N) is 3. The van der Waals surface area contributed by atoms with E-state index < -0.39 is 0 Å². The number of anilines is 1. The Morgan fingerprint density at radius 3 is 2.48 bits per heavy atom. The summed E-state index contributed by atoms with van der Waals surface area (Å²) >= 11 is 0. The summed E-state index contributed by atoms with van der Waals surface area (Å²) in [6, 6.07) is 12.4. The van der Waals surface area contributed by atoms with E-state index in [1.165, 1.54) is 10.6 Å². The number of nitrogens with one attached hydrogen (secondary N) is 1. The van der Waals surface area contributed by atoms with E-state index in [9.17, 15) is 9.59 Å². The number of pyridine rings is 1. The van der Waals surface area contributed by atoms with Gasteiger partial charge >= 0.3 is 0 Å². The van der Waals surface area contributed by atoms with Gasteiger partial charge in [-0.3, -0.25) is 19.1 Å². The Morgan fingerprint density at radius 2 is 1.80 bits per heavy atom. The van der Waals surface area contributed by atoms with Crippen molar-refractivity contribution >= 4 is 11.7 Å². The first kappa shape index (κ1) is 16.6. The van der Waals surface area contributed by atoms with Crippen LogP contribution >= 0.6 is 0 Å². The van der Waals surface area contributed by atoms with E-state index in [4.69, 9.17) is 0 Å². The minimum absolute atomic E-state index is 0.0587. The van der Waals surface area contributed by atoms with Gasteiger partial charge in [0.15, 0.2) is 5.78 Å². The minimum Gasteiger partial charge on any atom is -0.348 e. The van der Waals surface area contributed by atoms with E-state index in [2.05, 4.69) is 15.3 Å². The van der Waals surface area contributed by atoms with E-state index in [1.807, 2.05) is 19.1 Å². The third kappa shape index (κ3) is 3.80. The molecule has 25 heavy (non-hydrogen) atoms. The highest BCUT2D eigenvalue weighted by Gasteiger charge is 2.10. The maximum atomic E-state index is 12.3. The van der Waals surface area contributed by atoms with E-state index in [1.54, 1.807) is 43.7 Å². The van der Waals surface area contributed by atoms with Crippen molar-refractivity contribution in [3.63, 3.8) is 0 Å². The van der Waals surface area contributed by atoms with Gasteiger partial charge in [-0.05, 0) is 19.1 Å². The van der Waals surface area contributed by atoms with Gasteiger partial charge in [-0.15, -0.1) is 0 Å². The summed E-state index contributed by atoms with van der Waals surface area (Å²) in [6.07, 6.45) is 3.28. The number of carbonyl (C=O) groups excluding carboxylic acids is 1. The first-order valence-corrected chi connectivity index (χ1v) is 7.87. The van der Waals surface area contributed by atoms with E-state index in [-0.39, 0.29) is 17.9 Å². The molecule has 3 aromatic rings. The van der Waals surface area contributed by atoms with Crippen LogP contribution in [0.5, 0.6) is 0 Å². The third-order valence-electron chi connectivity index (χ3n) is 3.89. The van der Waals surface area contributed by atoms with Crippen LogP contribution in [0.15, 0.2) is 59.7 Å². The molecule has 0 aliphatic rings. The van der Waals surface area contributed by atoms with E-state index in [0.29, 0.717) is 17.2 Å². The SMILES string of the molecule is Cc1ccc(C(=O)CNc2nc(-c3ccncc3)cc(=O)n2C)cc1. The van der Waals surface area contributed by atoms with Crippen molar-refractivity contribution in [1.29, 1.82) is 0 Å². The lowest BCUT2D eigenvalue weighted by atomic mass is 10.1. The zero-order valence-electron chi connectivity index (χ0n) is 14.1. The van der Waals surface area contributed by atoms with E-state index in [0.717, 1.165) is 11.1 Å². The molecule has 0 spiro atoms. The molecule has 0 unspecified atom stereocenters. The molecule has 6 heteroatoms.